The van der Waals surface area contributed by atoms with Gasteiger partial charge in [0, 0.05) is 37.4 Å². The largest absolute Gasteiger partial charge is 0.496 e. The number of halogens is 1. The number of hydrogen-bond donors (Lipinski definition) is 3. The molecule has 3 heterocycles. The third-order valence-corrected chi connectivity index (χ3v) is 6.77. The summed E-state index contributed by atoms with van der Waals surface area (Å²) in [5.41, 5.74) is 4.34. The number of hydrogen-bond acceptors (Lipinski definition) is 6. The smallest absolute Gasteiger partial charge is 0.261 e. The third kappa shape index (κ3) is 4.99. The summed E-state index contributed by atoms with van der Waals surface area (Å²) >= 11 is 0. The fourth-order valence-corrected chi connectivity index (χ4v) is 4.89. The number of pyridine rings is 1. The maximum Gasteiger partial charge on any atom is 0.261 e. The van der Waals surface area contributed by atoms with Crippen LogP contribution in [0.1, 0.15) is 28.4 Å². The molecule has 10 heteroatoms. The number of carbonyl (C=O) groups is 1. The Bertz CT molecular complexity index is 1560. The van der Waals surface area contributed by atoms with Crippen LogP contribution in [0.15, 0.2) is 47.4 Å². The van der Waals surface area contributed by atoms with E-state index >= 15 is 0 Å². The predicted octanol–water partition coefficient (Wildman–Crippen LogP) is 3.63. The van der Waals surface area contributed by atoms with Gasteiger partial charge < -0.3 is 29.8 Å². The zero-order chi connectivity index (χ0) is 27.0. The number of aromatic nitrogens is 3. The molecule has 1 amide bonds. The molecule has 0 aliphatic carbocycles. The van der Waals surface area contributed by atoms with Crippen molar-refractivity contribution < 1.29 is 13.9 Å². The van der Waals surface area contributed by atoms with Gasteiger partial charge in [-0.1, -0.05) is 0 Å². The number of imidazole rings is 1. The van der Waals surface area contributed by atoms with Crippen LogP contribution < -0.4 is 15.6 Å². The first-order valence-electron chi connectivity index (χ1n) is 12.5. The Kier molecular flexibility index (Phi) is 6.90. The molecule has 4 aromatic rings. The van der Waals surface area contributed by atoms with E-state index in [-0.39, 0.29) is 23.3 Å². The maximum atomic E-state index is 13.8. The monoisotopic (exact) mass is 518 g/mol. The van der Waals surface area contributed by atoms with Gasteiger partial charge in [-0.25, -0.2) is 9.37 Å². The van der Waals surface area contributed by atoms with Crippen LogP contribution in [0.25, 0.3) is 22.4 Å². The summed E-state index contributed by atoms with van der Waals surface area (Å²) in [7, 11) is 5.52. The van der Waals surface area contributed by atoms with Gasteiger partial charge in [0.25, 0.3) is 11.5 Å². The number of amides is 1. The van der Waals surface area contributed by atoms with Crippen molar-refractivity contribution in [3.63, 3.8) is 0 Å². The molecule has 1 aliphatic rings. The number of carbonyl (C=O) groups excluding carboxylic acids is 1. The number of methoxy groups -OCH3 is 1. The lowest BCUT2D eigenvalue weighted by Gasteiger charge is -2.18. The number of rotatable bonds is 9. The van der Waals surface area contributed by atoms with Gasteiger partial charge in [-0.3, -0.25) is 9.59 Å². The summed E-state index contributed by atoms with van der Waals surface area (Å²) in [4.78, 5) is 40.4. The van der Waals surface area contributed by atoms with Crippen LogP contribution in [0, 0.1) is 5.82 Å². The number of nitrogens with one attached hydrogen (secondary N) is 3. The molecule has 0 fully saturated rings. The number of aromatic amines is 2. The highest BCUT2D eigenvalue weighted by Crippen LogP contribution is 2.30. The Balaban J connectivity index is 1.42. The highest BCUT2D eigenvalue weighted by atomic mass is 19.1. The number of benzene rings is 2. The standard InChI is InChI=1S/C28H31FN6O3/c1-16(11-17-12-19(29)5-6-24(17)38-4)31-21-7-8-30-27(36)25(21)26-32-22-13-18-15-35(10-9-34(2)3)28(37)20(18)14-23(22)33-26/h5-8,12-14,16H,9-11,15H2,1-4H3,(H,32,33)(H2,30,31,36)/t16-/m0/s1. The Hall–Kier alpha value is -4.18. The number of ether oxygens (including phenoxy) is 1. The van der Waals surface area contributed by atoms with E-state index in [1.807, 2.05) is 36.9 Å². The molecule has 1 atom stereocenters. The molecular formula is C28H31FN6O3. The topological polar surface area (TPSA) is 106 Å². The van der Waals surface area contributed by atoms with Crippen LogP contribution in [0.3, 0.4) is 0 Å². The molecule has 2 aromatic carbocycles. The number of fused-ring (bicyclic) bond motifs is 2. The maximum absolute atomic E-state index is 13.8. The van der Waals surface area contributed by atoms with Gasteiger partial charge in [-0.15, -0.1) is 0 Å². The molecular weight excluding hydrogens is 487 g/mol. The zero-order valence-corrected chi connectivity index (χ0v) is 21.9. The van der Waals surface area contributed by atoms with Gasteiger partial charge in [0.05, 0.1) is 23.8 Å². The van der Waals surface area contributed by atoms with E-state index in [1.165, 1.54) is 12.1 Å². The van der Waals surface area contributed by atoms with Crippen molar-refractivity contribution in [2.45, 2.75) is 25.9 Å². The summed E-state index contributed by atoms with van der Waals surface area (Å²) in [6, 6.07) is 9.79. The van der Waals surface area contributed by atoms with E-state index in [0.29, 0.717) is 53.4 Å². The molecule has 5 rings (SSSR count). The average Bonchev–Trinajstić information content (AvgIpc) is 3.41. The Labute approximate surface area is 219 Å². The van der Waals surface area contributed by atoms with Crippen molar-refractivity contribution in [1.82, 2.24) is 24.8 Å². The van der Waals surface area contributed by atoms with E-state index in [0.717, 1.165) is 23.2 Å². The van der Waals surface area contributed by atoms with Gasteiger partial charge >= 0.3 is 0 Å². The first kappa shape index (κ1) is 25.5. The van der Waals surface area contributed by atoms with Gasteiger partial charge in [-0.2, -0.15) is 0 Å². The van der Waals surface area contributed by atoms with Gasteiger partial charge in [0.2, 0.25) is 0 Å². The molecule has 0 radical (unpaired) electrons. The lowest BCUT2D eigenvalue weighted by molar-refractivity contribution is 0.0768. The van der Waals surface area contributed by atoms with Crippen molar-refractivity contribution in [2.24, 2.45) is 0 Å². The molecule has 0 unspecified atom stereocenters. The summed E-state index contributed by atoms with van der Waals surface area (Å²) in [5.74, 6) is 0.667. The van der Waals surface area contributed by atoms with E-state index in [9.17, 15) is 14.0 Å². The highest BCUT2D eigenvalue weighted by molar-refractivity contribution is 6.02. The van der Waals surface area contributed by atoms with Crippen molar-refractivity contribution in [2.75, 3.05) is 39.6 Å². The molecule has 0 bridgehead atoms. The number of likely N-dealkylation sites (N-methyl/N-ethyl adjacent to an activating group) is 1. The minimum absolute atomic E-state index is 0.00480. The minimum Gasteiger partial charge on any atom is -0.496 e. The fourth-order valence-electron chi connectivity index (χ4n) is 4.89. The van der Waals surface area contributed by atoms with Crippen LogP contribution in [0.5, 0.6) is 5.75 Å². The molecule has 2 aromatic heterocycles. The third-order valence-electron chi connectivity index (χ3n) is 6.77. The van der Waals surface area contributed by atoms with E-state index in [1.54, 1.807) is 31.5 Å². The lowest BCUT2D eigenvalue weighted by atomic mass is 10.0. The van der Waals surface area contributed by atoms with E-state index in [4.69, 9.17) is 4.74 Å². The van der Waals surface area contributed by atoms with Crippen LogP contribution in [0.2, 0.25) is 0 Å². The zero-order valence-electron chi connectivity index (χ0n) is 21.9. The Morgan fingerprint density at radius 2 is 2.03 bits per heavy atom. The van der Waals surface area contributed by atoms with Crippen molar-refractivity contribution in [3.8, 4) is 17.1 Å². The second kappa shape index (κ2) is 10.3. The normalized spacial score (nSPS) is 13.8. The SMILES string of the molecule is COc1ccc(F)cc1C[C@H](C)Nc1cc[nH]c(=O)c1-c1nc2cc3c(cc2[nH]1)CN(CCN(C)C)C3=O. The Morgan fingerprint density at radius 3 is 2.79 bits per heavy atom. The average molecular weight is 519 g/mol. The number of nitrogens with zero attached hydrogens (tertiary/aromatic N) is 3. The summed E-state index contributed by atoms with van der Waals surface area (Å²) in [6.07, 6.45) is 2.05. The van der Waals surface area contributed by atoms with Crippen LogP contribution >= 0.6 is 0 Å². The van der Waals surface area contributed by atoms with Crippen LogP contribution in [-0.4, -0.2) is 71.0 Å². The fraction of sp³-hybridized carbons (Fsp3) is 0.321. The molecule has 38 heavy (non-hydrogen) atoms. The van der Waals surface area contributed by atoms with Crippen LogP contribution in [0.4, 0.5) is 10.1 Å². The van der Waals surface area contributed by atoms with Crippen LogP contribution in [-0.2, 0) is 13.0 Å². The van der Waals surface area contributed by atoms with E-state index < -0.39 is 0 Å². The predicted molar refractivity (Wildman–Crippen MR) is 145 cm³/mol. The summed E-state index contributed by atoms with van der Waals surface area (Å²) in [5, 5.41) is 3.37. The highest BCUT2D eigenvalue weighted by Gasteiger charge is 2.28. The Morgan fingerprint density at radius 1 is 1.21 bits per heavy atom. The molecule has 0 saturated carbocycles. The number of anilines is 1. The molecule has 198 valence electrons. The second-order valence-corrected chi connectivity index (χ2v) is 9.94. The molecule has 1 aliphatic heterocycles. The second-order valence-electron chi connectivity index (χ2n) is 9.94. The van der Waals surface area contributed by atoms with Crippen molar-refractivity contribution >= 4 is 22.6 Å². The van der Waals surface area contributed by atoms with Crippen molar-refractivity contribution in [1.29, 1.82) is 0 Å². The first-order valence-corrected chi connectivity index (χ1v) is 12.5. The quantitative estimate of drug-likeness (QED) is 0.313. The molecule has 9 nitrogen and oxygen atoms in total. The summed E-state index contributed by atoms with van der Waals surface area (Å²) < 4.78 is 19.2. The molecule has 3 N–H and O–H groups in total. The first-order chi connectivity index (χ1) is 18.2. The van der Waals surface area contributed by atoms with Gasteiger partial charge in [-0.05, 0) is 75.0 Å². The van der Waals surface area contributed by atoms with Gasteiger partial charge in [0.1, 0.15) is 23.0 Å². The van der Waals surface area contributed by atoms with E-state index in [2.05, 4.69) is 20.3 Å². The lowest BCUT2D eigenvalue weighted by Crippen LogP contribution is -2.31. The van der Waals surface area contributed by atoms with Crippen molar-refractivity contribution in [3.05, 3.63) is 75.5 Å². The number of H-pyrrole nitrogens is 2. The van der Waals surface area contributed by atoms with Gasteiger partial charge in [0.15, 0.2) is 0 Å². The molecule has 0 saturated heterocycles. The minimum atomic E-state index is -0.335. The summed E-state index contributed by atoms with van der Waals surface area (Å²) in [6.45, 7) is 3.94. The molecule has 0 spiro atoms.